The fourth-order valence-electron chi connectivity index (χ4n) is 1.60. The van der Waals surface area contributed by atoms with Gasteiger partial charge in [0.1, 0.15) is 5.76 Å². The molecule has 0 amide bonds. The molecule has 1 nitrogen and oxygen atoms in total. The third kappa shape index (κ3) is 2.96. The molecular weight excluding hydrogens is 252 g/mol. The van der Waals surface area contributed by atoms with Gasteiger partial charge < -0.3 is 4.42 Å². The van der Waals surface area contributed by atoms with Crippen molar-refractivity contribution in [3.63, 3.8) is 0 Å². The summed E-state index contributed by atoms with van der Waals surface area (Å²) in [5, 5.41) is 0. The topological polar surface area (TPSA) is 13.1 Å². The van der Waals surface area contributed by atoms with E-state index in [4.69, 9.17) is 4.42 Å². The van der Waals surface area contributed by atoms with E-state index >= 15 is 0 Å². The smallest absolute Gasteiger partial charge is 0.117 e. The molecule has 0 fully saturated rings. The molecule has 1 aromatic heterocycles. The zero-order valence-electron chi connectivity index (χ0n) is 8.45. The molecule has 0 unspecified atom stereocenters. The van der Waals surface area contributed by atoms with Crippen LogP contribution < -0.4 is 0 Å². The number of aryl methyl sites for hydroxylation is 2. The number of benzene rings is 1. The summed E-state index contributed by atoms with van der Waals surface area (Å²) >= 11 is 3.46. The highest BCUT2D eigenvalue weighted by molar-refractivity contribution is 9.10. The van der Waals surface area contributed by atoms with Crippen LogP contribution in [0.15, 0.2) is 51.6 Å². The van der Waals surface area contributed by atoms with Crippen LogP contribution in [-0.2, 0) is 12.8 Å². The second-order valence-electron chi connectivity index (χ2n) is 3.53. The Bertz CT molecular complexity index is 405. The fraction of sp³-hybridized carbons (Fsp3) is 0.231. The van der Waals surface area contributed by atoms with Crippen molar-refractivity contribution in [2.45, 2.75) is 19.3 Å². The number of furan rings is 1. The van der Waals surface area contributed by atoms with E-state index in [-0.39, 0.29) is 0 Å². The first-order valence-corrected chi connectivity index (χ1v) is 5.91. The summed E-state index contributed by atoms with van der Waals surface area (Å²) in [5.41, 5.74) is 1.39. The van der Waals surface area contributed by atoms with E-state index in [0.717, 1.165) is 29.5 Å². The van der Waals surface area contributed by atoms with Crippen LogP contribution in [0.5, 0.6) is 0 Å². The number of rotatable bonds is 4. The molecule has 1 heterocycles. The van der Waals surface area contributed by atoms with Crippen LogP contribution in [0.3, 0.4) is 0 Å². The van der Waals surface area contributed by atoms with Gasteiger partial charge in [0.05, 0.1) is 10.7 Å². The zero-order chi connectivity index (χ0) is 10.5. The molecule has 1 aromatic carbocycles. The number of halogens is 1. The summed E-state index contributed by atoms with van der Waals surface area (Å²) in [6.07, 6.45) is 4.94. The second kappa shape index (κ2) is 5.17. The van der Waals surface area contributed by atoms with E-state index in [1.165, 1.54) is 5.56 Å². The highest BCUT2D eigenvalue weighted by Crippen LogP contribution is 2.19. The average Bonchev–Trinajstić information content (AvgIpc) is 2.66. The van der Waals surface area contributed by atoms with Gasteiger partial charge in [-0.1, -0.05) is 30.3 Å². The Balaban J connectivity index is 1.83. The second-order valence-corrected chi connectivity index (χ2v) is 4.39. The molecule has 78 valence electrons. The zero-order valence-corrected chi connectivity index (χ0v) is 10.0. The predicted molar refractivity (Wildman–Crippen MR) is 64.9 cm³/mol. The van der Waals surface area contributed by atoms with Crippen molar-refractivity contribution < 1.29 is 4.42 Å². The Kier molecular flexibility index (Phi) is 3.62. The van der Waals surface area contributed by atoms with Crippen molar-refractivity contribution in [2.24, 2.45) is 0 Å². The van der Waals surface area contributed by atoms with Gasteiger partial charge in [-0.25, -0.2) is 0 Å². The third-order valence-electron chi connectivity index (χ3n) is 2.40. The predicted octanol–water partition coefficient (Wildman–Crippen LogP) is 4.22. The van der Waals surface area contributed by atoms with Gasteiger partial charge >= 0.3 is 0 Å². The lowest BCUT2D eigenvalue weighted by atomic mass is 10.1. The van der Waals surface area contributed by atoms with Crippen molar-refractivity contribution in [3.8, 4) is 0 Å². The highest BCUT2D eigenvalue weighted by Gasteiger charge is 2.02. The first-order valence-electron chi connectivity index (χ1n) is 5.12. The van der Waals surface area contributed by atoms with E-state index in [1.54, 1.807) is 6.26 Å². The molecular formula is C13H13BrO. The van der Waals surface area contributed by atoms with E-state index in [9.17, 15) is 0 Å². The van der Waals surface area contributed by atoms with Gasteiger partial charge in [0.15, 0.2) is 0 Å². The Morgan fingerprint density at radius 3 is 2.47 bits per heavy atom. The number of hydrogen-bond donors (Lipinski definition) is 0. The van der Waals surface area contributed by atoms with Gasteiger partial charge in [0.25, 0.3) is 0 Å². The maximum Gasteiger partial charge on any atom is 0.117 e. The van der Waals surface area contributed by atoms with Crippen molar-refractivity contribution in [2.75, 3.05) is 0 Å². The summed E-state index contributed by atoms with van der Waals surface area (Å²) in [4.78, 5) is 0. The number of hydrogen-bond acceptors (Lipinski definition) is 1. The van der Waals surface area contributed by atoms with E-state index in [2.05, 4.69) is 40.2 Å². The molecule has 15 heavy (non-hydrogen) atoms. The minimum Gasteiger partial charge on any atom is -0.468 e. The molecule has 2 rings (SSSR count). The van der Waals surface area contributed by atoms with Crippen LogP contribution in [0.25, 0.3) is 0 Å². The van der Waals surface area contributed by atoms with Gasteiger partial charge in [-0.3, -0.25) is 0 Å². The maximum absolute atomic E-state index is 5.36. The van der Waals surface area contributed by atoms with Crippen LogP contribution in [0.2, 0.25) is 0 Å². The summed E-state index contributed by atoms with van der Waals surface area (Å²) in [6, 6.07) is 12.5. The van der Waals surface area contributed by atoms with Gasteiger partial charge in [-0.05, 0) is 40.4 Å². The molecule has 0 saturated heterocycles. The van der Waals surface area contributed by atoms with E-state index < -0.39 is 0 Å². The summed E-state index contributed by atoms with van der Waals surface area (Å²) in [7, 11) is 0. The van der Waals surface area contributed by atoms with Crippen molar-refractivity contribution in [3.05, 3.63) is 58.5 Å². The van der Waals surface area contributed by atoms with Gasteiger partial charge in [0.2, 0.25) is 0 Å². The molecule has 0 aliphatic carbocycles. The van der Waals surface area contributed by atoms with Crippen LogP contribution in [0, 0.1) is 0 Å². The molecule has 0 aliphatic heterocycles. The van der Waals surface area contributed by atoms with E-state index in [0.29, 0.717) is 0 Å². The van der Waals surface area contributed by atoms with E-state index in [1.807, 2.05) is 12.1 Å². The summed E-state index contributed by atoms with van der Waals surface area (Å²) < 4.78 is 6.43. The Hall–Kier alpha value is -1.02. The van der Waals surface area contributed by atoms with Gasteiger partial charge in [-0.2, -0.15) is 0 Å². The minimum atomic E-state index is 0.989. The van der Waals surface area contributed by atoms with Crippen LogP contribution in [0.1, 0.15) is 17.7 Å². The maximum atomic E-state index is 5.36. The SMILES string of the molecule is Brc1ccoc1CCCc1ccccc1. The lowest BCUT2D eigenvalue weighted by Crippen LogP contribution is -1.88. The molecule has 2 aromatic rings. The molecule has 2 heteroatoms. The molecule has 0 bridgehead atoms. The Morgan fingerprint density at radius 1 is 1.00 bits per heavy atom. The molecule has 0 atom stereocenters. The monoisotopic (exact) mass is 264 g/mol. The van der Waals surface area contributed by atoms with Crippen LogP contribution in [0.4, 0.5) is 0 Å². The van der Waals surface area contributed by atoms with Crippen molar-refractivity contribution in [1.29, 1.82) is 0 Å². The van der Waals surface area contributed by atoms with Crippen LogP contribution >= 0.6 is 15.9 Å². The van der Waals surface area contributed by atoms with Crippen molar-refractivity contribution in [1.82, 2.24) is 0 Å². The molecule has 0 radical (unpaired) electrons. The fourth-order valence-corrected chi connectivity index (χ4v) is 2.00. The molecule has 0 N–H and O–H groups in total. The summed E-state index contributed by atoms with van der Waals surface area (Å²) in [5.74, 6) is 1.05. The lowest BCUT2D eigenvalue weighted by Gasteiger charge is -2.00. The standard InChI is InChI=1S/C13H13BrO/c14-12-9-10-15-13(12)8-4-7-11-5-2-1-3-6-11/h1-3,5-6,9-10H,4,7-8H2. The van der Waals surface area contributed by atoms with Gasteiger partial charge in [-0.15, -0.1) is 0 Å². The largest absolute Gasteiger partial charge is 0.468 e. The van der Waals surface area contributed by atoms with Crippen LogP contribution in [-0.4, -0.2) is 0 Å². The lowest BCUT2D eigenvalue weighted by molar-refractivity contribution is 0.500. The molecule has 0 saturated carbocycles. The highest BCUT2D eigenvalue weighted by atomic mass is 79.9. The molecule has 0 spiro atoms. The molecule has 0 aliphatic rings. The Labute approximate surface area is 98.2 Å². The summed E-state index contributed by atoms with van der Waals surface area (Å²) in [6.45, 7) is 0. The van der Waals surface area contributed by atoms with Crippen molar-refractivity contribution >= 4 is 15.9 Å². The quantitative estimate of drug-likeness (QED) is 0.806. The first-order chi connectivity index (χ1) is 7.36. The van der Waals surface area contributed by atoms with Gasteiger partial charge in [0, 0.05) is 6.42 Å². The average molecular weight is 265 g/mol. The Morgan fingerprint density at radius 2 is 1.80 bits per heavy atom. The third-order valence-corrected chi connectivity index (χ3v) is 3.11. The first kappa shape index (κ1) is 10.5. The normalized spacial score (nSPS) is 10.5. The minimum absolute atomic E-state index is 0.989.